The summed E-state index contributed by atoms with van der Waals surface area (Å²) < 4.78 is 18.7. The number of furan rings is 1. The van der Waals surface area contributed by atoms with E-state index in [1.165, 1.54) is 28.9 Å². The van der Waals surface area contributed by atoms with Crippen molar-refractivity contribution in [1.82, 2.24) is 15.0 Å². The van der Waals surface area contributed by atoms with Crippen LogP contribution in [-0.4, -0.2) is 32.3 Å². The van der Waals surface area contributed by atoms with E-state index in [1.807, 2.05) is 29.6 Å². The summed E-state index contributed by atoms with van der Waals surface area (Å²) in [6.07, 6.45) is 3.89. The highest BCUT2D eigenvalue weighted by Gasteiger charge is 2.35. The highest BCUT2D eigenvalue weighted by Crippen LogP contribution is 2.34. The summed E-state index contributed by atoms with van der Waals surface area (Å²) in [4.78, 5) is 21.6. The average molecular weight is 453 g/mol. The van der Waals surface area contributed by atoms with Gasteiger partial charge in [0.15, 0.2) is 5.16 Å². The lowest BCUT2D eigenvalue weighted by Gasteiger charge is -2.19. The number of halogens is 1. The van der Waals surface area contributed by atoms with Gasteiger partial charge in [0.1, 0.15) is 17.6 Å². The van der Waals surface area contributed by atoms with Crippen molar-refractivity contribution in [2.75, 3.05) is 5.75 Å². The van der Waals surface area contributed by atoms with E-state index in [1.54, 1.807) is 35.9 Å². The summed E-state index contributed by atoms with van der Waals surface area (Å²) in [6.45, 7) is 0. The van der Waals surface area contributed by atoms with E-state index in [-0.39, 0.29) is 23.5 Å². The molecule has 1 aromatic carbocycles. The van der Waals surface area contributed by atoms with Crippen molar-refractivity contribution in [3.05, 3.63) is 82.8 Å². The fraction of sp³-hybridized carbons (Fsp3) is 0.136. The number of hydrogen-bond donors (Lipinski definition) is 1. The number of thioether (sulfide) groups is 1. The van der Waals surface area contributed by atoms with Crippen LogP contribution in [0.2, 0.25) is 0 Å². The fourth-order valence-electron chi connectivity index (χ4n) is 3.38. The van der Waals surface area contributed by atoms with Crippen molar-refractivity contribution >= 4 is 34.7 Å². The van der Waals surface area contributed by atoms with Gasteiger partial charge >= 0.3 is 0 Å². The van der Waals surface area contributed by atoms with Crippen molar-refractivity contribution in [3.8, 4) is 11.3 Å². The molecule has 0 fully saturated rings. The molecule has 156 valence electrons. The summed E-state index contributed by atoms with van der Waals surface area (Å²) in [5.41, 5.74) is 2.48. The summed E-state index contributed by atoms with van der Waals surface area (Å²) in [6, 6.07) is 13.6. The summed E-state index contributed by atoms with van der Waals surface area (Å²) in [7, 11) is 0. The number of benzene rings is 1. The number of thiophene rings is 1. The lowest BCUT2D eigenvalue weighted by atomic mass is 10.1. The Balaban J connectivity index is 1.30. The van der Waals surface area contributed by atoms with Crippen molar-refractivity contribution in [3.63, 3.8) is 0 Å². The minimum absolute atomic E-state index is 0.127. The molecular weight excluding hydrogens is 435 g/mol. The van der Waals surface area contributed by atoms with E-state index < -0.39 is 0 Å². The summed E-state index contributed by atoms with van der Waals surface area (Å²) in [5, 5.41) is 8.74. The van der Waals surface area contributed by atoms with E-state index in [2.05, 4.69) is 15.1 Å². The van der Waals surface area contributed by atoms with Gasteiger partial charge in [-0.2, -0.15) is 5.10 Å². The molecule has 31 heavy (non-hydrogen) atoms. The molecule has 5 rings (SSSR count). The minimum atomic E-state index is -0.289. The Morgan fingerprint density at radius 2 is 2.13 bits per heavy atom. The maximum atomic E-state index is 13.1. The first kappa shape index (κ1) is 19.8. The van der Waals surface area contributed by atoms with Crippen LogP contribution in [0.25, 0.3) is 11.3 Å². The lowest BCUT2D eigenvalue weighted by Crippen LogP contribution is -2.28. The van der Waals surface area contributed by atoms with Crippen molar-refractivity contribution in [2.45, 2.75) is 17.6 Å². The zero-order chi connectivity index (χ0) is 21.2. The second kappa shape index (κ2) is 8.52. The molecule has 1 atom stereocenters. The highest BCUT2D eigenvalue weighted by molar-refractivity contribution is 7.99. The first-order valence-corrected chi connectivity index (χ1v) is 11.4. The zero-order valence-corrected chi connectivity index (χ0v) is 17.8. The van der Waals surface area contributed by atoms with Gasteiger partial charge in [-0.25, -0.2) is 14.4 Å². The zero-order valence-electron chi connectivity index (χ0n) is 16.2. The molecule has 1 amide bonds. The van der Waals surface area contributed by atoms with Crippen LogP contribution in [0.4, 0.5) is 4.39 Å². The van der Waals surface area contributed by atoms with Gasteiger partial charge in [0.2, 0.25) is 0 Å². The monoisotopic (exact) mass is 452 g/mol. The Morgan fingerprint density at radius 3 is 2.87 bits per heavy atom. The second-order valence-electron chi connectivity index (χ2n) is 6.90. The number of aromatic amines is 1. The molecule has 1 unspecified atom stereocenters. The number of imidazole rings is 1. The molecule has 0 bridgehead atoms. The van der Waals surface area contributed by atoms with Crippen LogP contribution >= 0.6 is 23.1 Å². The van der Waals surface area contributed by atoms with Crippen molar-refractivity contribution < 1.29 is 13.6 Å². The molecule has 4 heterocycles. The highest BCUT2D eigenvalue weighted by atomic mass is 32.2. The third-order valence-electron chi connectivity index (χ3n) is 4.88. The SMILES string of the molecule is O=C(CSc1ncc(-c2ccc(F)cc2)[nH]1)N1N=C(c2cccs2)CC1c1ccco1. The normalized spacial score (nSPS) is 16.0. The fourth-order valence-corrected chi connectivity index (χ4v) is 4.81. The number of hydrazone groups is 1. The van der Waals surface area contributed by atoms with Gasteiger partial charge in [-0.15, -0.1) is 11.3 Å². The molecule has 3 aromatic heterocycles. The Labute approximate surface area is 185 Å². The third kappa shape index (κ3) is 4.19. The second-order valence-corrected chi connectivity index (χ2v) is 8.81. The van der Waals surface area contributed by atoms with E-state index in [4.69, 9.17) is 4.42 Å². The molecule has 1 N–H and O–H groups in total. The van der Waals surface area contributed by atoms with Crippen molar-refractivity contribution in [1.29, 1.82) is 0 Å². The Bertz CT molecular complexity index is 1200. The molecule has 0 aliphatic carbocycles. The largest absolute Gasteiger partial charge is 0.467 e. The molecule has 1 aliphatic rings. The molecule has 0 saturated carbocycles. The third-order valence-corrected chi connectivity index (χ3v) is 6.67. The van der Waals surface area contributed by atoms with Gasteiger partial charge in [-0.3, -0.25) is 4.79 Å². The maximum Gasteiger partial charge on any atom is 0.253 e. The molecule has 1 aliphatic heterocycles. The standard InChI is InChI=1S/C22H17FN4O2S2/c23-15-7-5-14(6-8-15)17-12-24-22(25-17)31-13-21(28)27-18(19-3-1-9-29-19)11-16(26-27)20-4-2-10-30-20/h1-10,12,18H,11,13H2,(H,24,25). The molecule has 0 radical (unpaired) electrons. The predicted molar refractivity (Wildman–Crippen MR) is 118 cm³/mol. The van der Waals surface area contributed by atoms with Gasteiger partial charge in [0.05, 0.1) is 34.5 Å². The topological polar surface area (TPSA) is 74.5 Å². The van der Waals surface area contributed by atoms with Crippen molar-refractivity contribution in [2.24, 2.45) is 5.10 Å². The number of carbonyl (C=O) groups is 1. The van der Waals surface area contributed by atoms with Crippen LogP contribution in [0.15, 0.2) is 81.0 Å². The summed E-state index contributed by atoms with van der Waals surface area (Å²) >= 11 is 2.90. The van der Waals surface area contributed by atoms with Gasteiger partial charge in [0.25, 0.3) is 5.91 Å². The van der Waals surface area contributed by atoms with Crippen LogP contribution in [0.1, 0.15) is 23.1 Å². The number of amides is 1. The molecular formula is C22H17FN4O2S2. The maximum absolute atomic E-state index is 13.1. The van der Waals surface area contributed by atoms with Crippen LogP contribution in [-0.2, 0) is 4.79 Å². The van der Waals surface area contributed by atoms with E-state index >= 15 is 0 Å². The molecule has 0 spiro atoms. The molecule has 6 nitrogen and oxygen atoms in total. The quantitative estimate of drug-likeness (QED) is 0.401. The Morgan fingerprint density at radius 1 is 1.26 bits per heavy atom. The van der Waals surface area contributed by atoms with Gasteiger partial charge in [-0.1, -0.05) is 17.8 Å². The van der Waals surface area contributed by atoms with Gasteiger partial charge < -0.3 is 9.40 Å². The number of hydrogen-bond acceptors (Lipinski definition) is 6. The smallest absolute Gasteiger partial charge is 0.253 e. The molecule has 0 saturated heterocycles. The van der Waals surface area contributed by atoms with Gasteiger partial charge in [-0.05, 0) is 53.4 Å². The van der Waals surface area contributed by atoms with Crippen LogP contribution in [0.3, 0.4) is 0 Å². The summed E-state index contributed by atoms with van der Waals surface area (Å²) in [5.74, 6) is 0.472. The average Bonchev–Trinajstić information content (AvgIpc) is 3.58. The first-order valence-electron chi connectivity index (χ1n) is 9.58. The number of H-pyrrole nitrogens is 1. The Hall–Kier alpha value is -3.17. The van der Waals surface area contributed by atoms with Crippen LogP contribution < -0.4 is 0 Å². The van der Waals surface area contributed by atoms with E-state index in [0.717, 1.165) is 21.8 Å². The van der Waals surface area contributed by atoms with Gasteiger partial charge in [0, 0.05) is 6.42 Å². The predicted octanol–water partition coefficient (Wildman–Crippen LogP) is 5.34. The molecule has 4 aromatic rings. The van der Waals surface area contributed by atoms with Crippen LogP contribution in [0, 0.1) is 5.82 Å². The number of aromatic nitrogens is 2. The lowest BCUT2D eigenvalue weighted by molar-refractivity contribution is -0.130. The molecule has 9 heteroatoms. The first-order chi connectivity index (χ1) is 15.2. The van der Waals surface area contributed by atoms with Crippen LogP contribution in [0.5, 0.6) is 0 Å². The minimum Gasteiger partial charge on any atom is -0.467 e. The van der Waals surface area contributed by atoms with E-state index in [9.17, 15) is 9.18 Å². The number of carbonyl (C=O) groups excluding carboxylic acids is 1. The van der Waals surface area contributed by atoms with E-state index in [0.29, 0.717) is 17.3 Å². The number of nitrogens with one attached hydrogen (secondary N) is 1. The number of nitrogens with zero attached hydrogens (tertiary/aromatic N) is 3. The Kier molecular flexibility index (Phi) is 5.44. The number of rotatable bonds is 6.